The highest BCUT2D eigenvalue weighted by molar-refractivity contribution is 5.98. The average molecular weight is 593 g/mol. The number of hydrogen-bond donors (Lipinski definition) is 1. The maximum atomic E-state index is 13.4. The summed E-state index contributed by atoms with van der Waals surface area (Å²) in [5.41, 5.74) is -1.68. The van der Waals surface area contributed by atoms with Gasteiger partial charge in [0.25, 0.3) is 5.71 Å². The summed E-state index contributed by atoms with van der Waals surface area (Å²) in [4.78, 5) is 25.4. The van der Waals surface area contributed by atoms with Crippen molar-refractivity contribution < 1.29 is 35.7 Å². The molecule has 1 N–H and O–H groups in total. The van der Waals surface area contributed by atoms with Crippen LogP contribution >= 0.6 is 0 Å². The number of rotatable bonds is 5. The minimum Gasteiger partial charge on any atom is -0.354 e. The highest BCUT2D eigenvalue weighted by Gasteiger charge is 2.34. The van der Waals surface area contributed by atoms with Crippen LogP contribution in [-0.2, 0) is 18.8 Å². The Morgan fingerprint density at radius 3 is 2.48 bits per heavy atom. The first kappa shape index (κ1) is 29.1. The maximum Gasteiger partial charge on any atom is 0.418 e. The number of halogens is 6. The van der Waals surface area contributed by atoms with Gasteiger partial charge in [-0.2, -0.15) is 31.3 Å². The van der Waals surface area contributed by atoms with Gasteiger partial charge in [0.2, 0.25) is 0 Å². The zero-order valence-electron chi connectivity index (χ0n) is 22.4. The summed E-state index contributed by atoms with van der Waals surface area (Å²) in [7, 11) is 0. The number of urea groups is 1. The standard InChI is InChI=1S/C28H26F6N6O2/c1-2-7-21-36-24(22-23(38-42-25(22)37-21)17-8-5-9-18(16-17)27(29,30)31)39-12-6-13-40(15-14-39)26(41)35-20-11-4-3-10-19(20)28(32,33)34/h3-5,8-11,16H,2,6-7,12-15H2,1H3,(H,35,41). The number of para-hydroxylation sites is 1. The molecule has 0 radical (unpaired) electrons. The molecule has 1 fully saturated rings. The molecule has 2 amide bonds. The van der Waals surface area contributed by atoms with Gasteiger partial charge in [-0.15, -0.1) is 0 Å². The first-order chi connectivity index (χ1) is 20.0. The van der Waals surface area contributed by atoms with E-state index in [0.29, 0.717) is 36.4 Å². The fraction of sp³-hybridized carbons (Fsp3) is 0.357. The summed E-state index contributed by atoms with van der Waals surface area (Å²) in [6, 6.07) is 8.78. The van der Waals surface area contributed by atoms with Crippen LogP contribution in [0.4, 0.5) is 42.6 Å². The van der Waals surface area contributed by atoms with Crippen LogP contribution in [0.2, 0.25) is 0 Å². The van der Waals surface area contributed by atoms with Gasteiger partial charge in [-0.3, -0.25) is 0 Å². The summed E-state index contributed by atoms with van der Waals surface area (Å²) >= 11 is 0. The van der Waals surface area contributed by atoms with Crippen LogP contribution in [0.1, 0.15) is 36.7 Å². The Morgan fingerprint density at radius 2 is 1.74 bits per heavy atom. The van der Waals surface area contributed by atoms with Gasteiger partial charge in [0, 0.05) is 38.2 Å². The number of anilines is 2. The van der Waals surface area contributed by atoms with Crippen molar-refractivity contribution in [1.29, 1.82) is 0 Å². The van der Waals surface area contributed by atoms with Crippen LogP contribution in [0, 0.1) is 0 Å². The molecule has 222 valence electrons. The SMILES string of the molecule is CCCc1nc(N2CCCN(C(=O)Nc3ccccc3C(F)(F)F)CC2)c2c(-c3cccc(C(F)(F)F)c3)noc2n1. The van der Waals surface area contributed by atoms with Crippen molar-refractivity contribution >= 4 is 28.6 Å². The number of nitrogens with one attached hydrogen (secondary N) is 1. The number of aryl methyl sites for hydroxylation is 1. The smallest absolute Gasteiger partial charge is 0.354 e. The van der Waals surface area contributed by atoms with Crippen molar-refractivity contribution in [1.82, 2.24) is 20.0 Å². The molecule has 1 saturated heterocycles. The van der Waals surface area contributed by atoms with E-state index in [1.165, 1.54) is 35.2 Å². The Labute approximate surface area is 236 Å². The Hall–Kier alpha value is -4.36. The normalized spacial score (nSPS) is 14.7. The lowest BCUT2D eigenvalue weighted by atomic mass is 10.1. The van der Waals surface area contributed by atoms with E-state index in [4.69, 9.17) is 9.51 Å². The van der Waals surface area contributed by atoms with Crippen molar-refractivity contribution in [2.45, 2.75) is 38.5 Å². The molecular weight excluding hydrogens is 566 g/mol. The first-order valence-corrected chi connectivity index (χ1v) is 13.3. The van der Waals surface area contributed by atoms with Gasteiger partial charge in [-0.05, 0) is 37.1 Å². The van der Waals surface area contributed by atoms with E-state index in [1.807, 2.05) is 11.8 Å². The Bertz CT molecular complexity index is 1590. The van der Waals surface area contributed by atoms with Crippen molar-refractivity contribution in [2.75, 3.05) is 36.4 Å². The van der Waals surface area contributed by atoms with E-state index in [0.717, 1.165) is 24.6 Å². The average Bonchev–Trinajstić information content (AvgIpc) is 3.21. The van der Waals surface area contributed by atoms with Crippen molar-refractivity contribution in [3.8, 4) is 11.3 Å². The van der Waals surface area contributed by atoms with Crippen molar-refractivity contribution in [3.05, 3.63) is 65.5 Å². The number of amides is 2. The molecule has 2 aromatic heterocycles. The largest absolute Gasteiger partial charge is 0.418 e. The van der Waals surface area contributed by atoms with E-state index in [2.05, 4.69) is 15.5 Å². The Morgan fingerprint density at radius 1 is 0.952 bits per heavy atom. The van der Waals surface area contributed by atoms with E-state index >= 15 is 0 Å². The zero-order valence-corrected chi connectivity index (χ0v) is 22.4. The summed E-state index contributed by atoms with van der Waals surface area (Å²) in [5, 5.41) is 6.76. The summed E-state index contributed by atoms with van der Waals surface area (Å²) < 4.78 is 86.0. The van der Waals surface area contributed by atoms with Crippen molar-refractivity contribution in [2.24, 2.45) is 0 Å². The molecule has 42 heavy (non-hydrogen) atoms. The van der Waals surface area contributed by atoms with Crippen LogP contribution in [-0.4, -0.2) is 52.2 Å². The lowest BCUT2D eigenvalue weighted by Gasteiger charge is -2.24. The van der Waals surface area contributed by atoms with Crippen LogP contribution in [0.15, 0.2) is 53.1 Å². The number of alkyl halides is 6. The van der Waals surface area contributed by atoms with E-state index in [-0.39, 0.29) is 42.3 Å². The number of carbonyl (C=O) groups excluding carboxylic acids is 1. The summed E-state index contributed by atoms with van der Waals surface area (Å²) in [6.45, 7) is 3.02. The number of benzene rings is 2. The molecular formula is C28H26F6N6O2. The minimum absolute atomic E-state index is 0.124. The maximum absolute atomic E-state index is 13.4. The second kappa shape index (κ2) is 11.5. The third-order valence-electron chi connectivity index (χ3n) is 6.86. The van der Waals surface area contributed by atoms with Crippen LogP contribution in [0.25, 0.3) is 22.4 Å². The van der Waals surface area contributed by atoms with Gasteiger partial charge in [0.15, 0.2) is 0 Å². The molecule has 0 atom stereocenters. The van der Waals surface area contributed by atoms with Gasteiger partial charge in [-0.1, -0.05) is 36.3 Å². The molecule has 0 spiro atoms. The second-order valence-electron chi connectivity index (χ2n) is 9.80. The predicted molar refractivity (Wildman–Crippen MR) is 143 cm³/mol. The molecule has 2 aromatic carbocycles. The third kappa shape index (κ3) is 6.11. The van der Waals surface area contributed by atoms with E-state index in [1.54, 1.807) is 0 Å². The Balaban J connectivity index is 1.44. The van der Waals surface area contributed by atoms with E-state index in [9.17, 15) is 31.1 Å². The van der Waals surface area contributed by atoms with E-state index < -0.39 is 29.5 Å². The lowest BCUT2D eigenvalue weighted by molar-refractivity contribution is -0.138. The van der Waals surface area contributed by atoms with Gasteiger partial charge < -0.3 is 19.6 Å². The number of nitrogens with zero attached hydrogens (tertiary/aromatic N) is 5. The highest BCUT2D eigenvalue weighted by Crippen LogP contribution is 2.38. The minimum atomic E-state index is -4.63. The van der Waals surface area contributed by atoms with Gasteiger partial charge >= 0.3 is 18.4 Å². The molecule has 5 rings (SSSR count). The number of aromatic nitrogens is 3. The summed E-state index contributed by atoms with van der Waals surface area (Å²) in [6.07, 6.45) is -7.49. The number of fused-ring (bicyclic) bond motifs is 1. The molecule has 1 aliphatic rings. The topological polar surface area (TPSA) is 87.4 Å². The fourth-order valence-corrected chi connectivity index (χ4v) is 4.85. The molecule has 0 unspecified atom stereocenters. The molecule has 0 bridgehead atoms. The number of carbonyl (C=O) groups is 1. The predicted octanol–water partition coefficient (Wildman–Crippen LogP) is 7.02. The molecule has 1 aliphatic heterocycles. The number of hydrogen-bond acceptors (Lipinski definition) is 6. The monoisotopic (exact) mass is 592 g/mol. The van der Waals surface area contributed by atoms with Crippen LogP contribution in [0.3, 0.4) is 0 Å². The second-order valence-corrected chi connectivity index (χ2v) is 9.80. The summed E-state index contributed by atoms with van der Waals surface area (Å²) in [5.74, 6) is 0.871. The molecule has 4 aromatic rings. The van der Waals surface area contributed by atoms with Crippen molar-refractivity contribution in [3.63, 3.8) is 0 Å². The first-order valence-electron chi connectivity index (χ1n) is 13.3. The molecule has 3 heterocycles. The van der Waals surface area contributed by atoms with Crippen LogP contribution in [0.5, 0.6) is 0 Å². The van der Waals surface area contributed by atoms with Gasteiger partial charge in [0.05, 0.1) is 16.8 Å². The molecule has 8 nitrogen and oxygen atoms in total. The molecule has 14 heteroatoms. The van der Waals surface area contributed by atoms with Gasteiger partial charge in [0.1, 0.15) is 22.7 Å². The fourth-order valence-electron chi connectivity index (χ4n) is 4.85. The quantitative estimate of drug-likeness (QED) is 0.251. The third-order valence-corrected chi connectivity index (χ3v) is 6.86. The van der Waals surface area contributed by atoms with Crippen LogP contribution < -0.4 is 10.2 Å². The lowest BCUT2D eigenvalue weighted by Crippen LogP contribution is -2.38. The Kier molecular flexibility index (Phi) is 7.97. The molecule has 0 saturated carbocycles. The highest BCUT2D eigenvalue weighted by atomic mass is 19.4. The molecule has 0 aliphatic carbocycles. The van der Waals surface area contributed by atoms with Gasteiger partial charge in [-0.25, -0.2) is 9.78 Å². The zero-order chi connectivity index (χ0) is 30.1.